The number of alkyl halides is 9. The average molecular weight is 290 g/mol. The number of hydrogen-bond acceptors (Lipinski definition) is 2. The standard InChI is InChI=1S/CHF3O3S.2CHF3/c2-1(3,4)8(5,6)7;2*2-1(3)4/h(H,5,6,7);2*1H. The van der Waals surface area contributed by atoms with Crippen LogP contribution in [-0.4, -0.2) is 31.8 Å². The van der Waals surface area contributed by atoms with Gasteiger partial charge in [-0.05, 0) is 0 Å². The van der Waals surface area contributed by atoms with Crippen LogP contribution in [0.2, 0.25) is 0 Å². The summed E-state index contributed by atoms with van der Waals surface area (Å²) in [6.07, 6.45) is 0. The molecule has 13 heteroatoms. The third-order valence-electron chi connectivity index (χ3n) is 0.292. The molecule has 0 saturated carbocycles. The van der Waals surface area contributed by atoms with Crippen molar-refractivity contribution in [3.05, 3.63) is 0 Å². The summed E-state index contributed by atoms with van der Waals surface area (Å²) in [4.78, 5) is 0. The minimum absolute atomic E-state index is 3.67. The Morgan fingerprint density at radius 3 is 0.875 bits per heavy atom. The van der Waals surface area contributed by atoms with E-state index >= 15 is 0 Å². The maximum atomic E-state index is 10.7. The number of halogens is 9. The molecule has 0 aliphatic rings. The molecule has 0 atom stereocenters. The third-order valence-corrected chi connectivity index (χ3v) is 0.877. The van der Waals surface area contributed by atoms with E-state index in [1.807, 2.05) is 0 Å². The molecule has 0 aromatic carbocycles. The molecule has 0 aromatic heterocycles. The summed E-state index contributed by atoms with van der Waals surface area (Å²) < 4.78 is 116. The van der Waals surface area contributed by atoms with Crippen molar-refractivity contribution >= 4 is 10.1 Å². The van der Waals surface area contributed by atoms with Crippen LogP contribution in [0, 0.1) is 0 Å². The molecule has 3 nitrogen and oxygen atoms in total. The molecule has 0 unspecified atom stereocenters. The SMILES string of the molecule is FC(F)F.FC(F)F.O=S(=O)(O)C(F)(F)F. The Morgan fingerprint density at radius 1 is 0.812 bits per heavy atom. The molecule has 0 saturated heterocycles. The normalized spacial score (nSPS) is 11.5. The average Bonchev–Trinajstić information content (AvgIpc) is 1.76. The van der Waals surface area contributed by atoms with E-state index in [0.717, 1.165) is 0 Å². The number of rotatable bonds is 0. The van der Waals surface area contributed by atoms with Gasteiger partial charge in [0.15, 0.2) is 0 Å². The van der Waals surface area contributed by atoms with Crippen LogP contribution in [0.1, 0.15) is 0 Å². The van der Waals surface area contributed by atoms with Gasteiger partial charge < -0.3 is 0 Å². The summed E-state index contributed by atoms with van der Waals surface area (Å²) >= 11 is 0. The highest BCUT2D eigenvalue weighted by molar-refractivity contribution is 7.86. The van der Waals surface area contributed by atoms with Gasteiger partial charge in [0.1, 0.15) is 0 Å². The van der Waals surface area contributed by atoms with Crippen molar-refractivity contribution in [1.29, 1.82) is 0 Å². The van der Waals surface area contributed by atoms with E-state index in [2.05, 4.69) is 0 Å². The summed E-state index contributed by atoms with van der Waals surface area (Å²) in [7, 11) is -5.84. The minimum atomic E-state index is -5.84. The van der Waals surface area contributed by atoms with Crippen LogP contribution >= 0.6 is 0 Å². The van der Waals surface area contributed by atoms with Crippen molar-refractivity contribution in [2.24, 2.45) is 0 Å². The molecule has 1 N–H and O–H groups in total. The van der Waals surface area contributed by atoms with Crippen LogP contribution < -0.4 is 0 Å². The van der Waals surface area contributed by atoms with Crippen molar-refractivity contribution < 1.29 is 52.5 Å². The lowest BCUT2D eigenvalue weighted by atomic mass is 11.6. The molecule has 0 amide bonds. The topological polar surface area (TPSA) is 54.4 Å². The Balaban J connectivity index is -0.000000179. The first-order valence-corrected chi connectivity index (χ1v) is 4.04. The van der Waals surface area contributed by atoms with Crippen molar-refractivity contribution in [1.82, 2.24) is 0 Å². The Bertz CT molecular complexity index is 232. The van der Waals surface area contributed by atoms with Crippen LogP contribution in [0.3, 0.4) is 0 Å². The van der Waals surface area contributed by atoms with E-state index in [4.69, 9.17) is 13.0 Å². The molecule has 0 spiro atoms. The number of hydrogen-bond donors (Lipinski definition) is 1. The fourth-order valence-corrected chi connectivity index (χ4v) is 0. The van der Waals surface area contributed by atoms with Gasteiger partial charge in [-0.25, -0.2) is 0 Å². The molecule has 102 valence electrons. The second-order valence-electron chi connectivity index (χ2n) is 1.42. The highest BCUT2D eigenvalue weighted by Crippen LogP contribution is 2.20. The lowest BCUT2D eigenvalue weighted by Gasteiger charge is -1.97. The van der Waals surface area contributed by atoms with E-state index in [-0.39, 0.29) is 0 Å². The summed E-state index contributed by atoms with van der Waals surface area (Å²) in [5, 5.41) is 0. The zero-order valence-corrected chi connectivity index (χ0v) is 7.54. The molecule has 0 aromatic rings. The van der Waals surface area contributed by atoms with E-state index in [1.54, 1.807) is 0 Å². The van der Waals surface area contributed by atoms with Crippen molar-refractivity contribution in [3.63, 3.8) is 0 Å². The van der Waals surface area contributed by atoms with E-state index in [1.165, 1.54) is 0 Å². The zero-order valence-electron chi connectivity index (χ0n) is 6.73. The quantitative estimate of drug-likeness (QED) is 0.424. The molecular weight excluding hydrogens is 287 g/mol. The summed E-state index contributed by atoms with van der Waals surface area (Å²) in [5.74, 6) is 0. The lowest BCUT2D eigenvalue weighted by Crippen LogP contribution is -2.21. The van der Waals surface area contributed by atoms with Gasteiger partial charge in [-0.2, -0.15) is 47.9 Å². The molecule has 0 aliphatic carbocycles. The second-order valence-corrected chi connectivity index (χ2v) is 2.83. The van der Waals surface area contributed by atoms with Gasteiger partial charge in [-0.15, -0.1) is 0 Å². The Kier molecular flexibility index (Phi) is 10.9. The summed E-state index contributed by atoms with van der Waals surface area (Å²) in [6, 6.07) is 0. The fraction of sp³-hybridized carbons (Fsp3) is 1.00. The van der Waals surface area contributed by atoms with Crippen molar-refractivity contribution in [2.75, 3.05) is 0 Å². The van der Waals surface area contributed by atoms with E-state index < -0.39 is 29.0 Å². The van der Waals surface area contributed by atoms with Gasteiger partial charge in [0, 0.05) is 0 Å². The molecule has 0 fully saturated rings. The van der Waals surface area contributed by atoms with Crippen LogP contribution in [0.5, 0.6) is 0 Å². The largest absolute Gasteiger partial charge is 0.522 e. The molecule has 0 heterocycles. The van der Waals surface area contributed by atoms with Gasteiger partial charge in [-0.3, -0.25) is 4.55 Å². The first-order valence-electron chi connectivity index (χ1n) is 2.60. The van der Waals surface area contributed by atoms with Crippen molar-refractivity contribution in [2.45, 2.75) is 18.9 Å². The highest BCUT2D eigenvalue weighted by atomic mass is 32.2. The molecule has 0 bridgehead atoms. The van der Waals surface area contributed by atoms with Gasteiger partial charge >= 0.3 is 29.0 Å². The minimum Gasteiger partial charge on any atom is -0.279 e. The summed E-state index contributed by atoms with van der Waals surface area (Å²) in [6.45, 7) is -7.33. The first-order chi connectivity index (χ1) is 6.71. The predicted molar refractivity (Wildman–Crippen MR) is 31.8 cm³/mol. The monoisotopic (exact) mass is 290 g/mol. The Morgan fingerprint density at radius 2 is 0.875 bits per heavy atom. The maximum Gasteiger partial charge on any atom is 0.522 e. The molecule has 0 aliphatic heterocycles. The van der Waals surface area contributed by atoms with Crippen LogP contribution in [0.15, 0.2) is 0 Å². The van der Waals surface area contributed by atoms with Crippen LogP contribution in [0.25, 0.3) is 0 Å². The highest BCUT2D eigenvalue weighted by Gasteiger charge is 2.44. The van der Waals surface area contributed by atoms with Gasteiger partial charge in [0.25, 0.3) is 0 Å². The van der Waals surface area contributed by atoms with E-state index in [9.17, 15) is 39.5 Å². The Hall–Kier alpha value is -0.720. The molecule has 16 heavy (non-hydrogen) atoms. The van der Waals surface area contributed by atoms with Gasteiger partial charge in [-0.1, -0.05) is 0 Å². The molecular formula is C3H3F9O3S. The smallest absolute Gasteiger partial charge is 0.279 e. The predicted octanol–water partition coefficient (Wildman–Crippen LogP) is 2.75. The second kappa shape index (κ2) is 8.43. The van der Waals surface area contributed by atoms with E-state index in [0.29, 0.717) is 0 Å². The summed E-state index contributed by atoms with van der Waals surface area (Å²) in [5.41, 5.74) is -5.53. The third kappa shape index (κ3) is 29.2. The van der Waals surface area contributed by atoms with Gasteiger partial charge in [0.2, 0.25) is 0 Å². The molecule has 0 rings (SSSR count). The first kappa shape index (κ1) is 20.7. The van der Waals surface area contributed by atoms with Crippen molar-refractivity contribution in [3.8, 4) is 0 Å². The fourth-order valence-electron chi connectivity index (χ4n) is 0. The maximum absolute atomic E-state index is 10.7. The Labute approximate surface area is 82.6 Å². The van der Waals surface area contributed by atoms with Gasteiger partial charge in [0.05, 0.1) is 0 Å². The van der Waals surface area contributed by atoms with Crippen LogP contribution in [-0.2, 0) is 10.1 Å². The van der Waals surface area contributed by atoms with Crippen LogP contribution in [0.4, 0.5) is 39.5 Å². The molecule has 0 radical (unpaired) electrons. The lowest BCUT2D eigenvalue weighted by molar-refractivity contribution is -0.0510. The zero-order chi connectivity index (χ0) is 14.2.